The Labute approximate surface area is 191 Å². The predicted molar refractivity (Wildman–Crippen MR) is 136 cm³/mol. The average molecular weight is 434 g/mol. The molecule has 1 aromatic carbocycles. The highest BCUT2D eigenvalue weighted by atomic mass is 35.5. The van der Waals surface area contributed by atoms with Crippen molar-refractivity contribution in [3.05, 3.63) is 29.8 Å². The lowest BCUT2D eigenvalue weighted by molar-refractivity contribution is 0.225. The van der Waals surface area contributed by atoms with E-state index in [9.17, 15) is 0 Å². The van der Waals surface area contributed by atoms with Gasteiger partial charge in [-0.15, -0.1) is 12.4 Å². The van der Waals surface area contributed by atoms with Gasteiger partial charge in [-0.25, -0.2) is 0 Å². The number of hydrogen-bond donors (Lipinski definition) is 0. The standard InChI is InChI=1S/C26H43N3.ClH/c1-7-8-15-28-16-18-29(19-17-28)25-14-13-23(27(5)6)20-24(25)21-9-11-22(12-10-21)26(2,3)4;/h9,13-14,20,22H,7-8,10-12,15-19H2,1-6H3;1H. The van der Waals surface area contributed by atoms with Gasteiger partial charge in [-0.2, -0.15) is 0 Å². The Morgan fingerprint density at radius 3 is 2.30 bits per heavy atom. The minimum Gasteiger partial charge on any atom is -0.378 e. The van der Waals surface area contributed by atoms with Crippen molar-refractivity contribution in [2.75, 3.05) is 56.6 Å². The van der Waals surface area contributed by atoms with Gasteiger partial charge in [0.1, 0.15) is 0 Å². The molecule has 1 heterocycles. The first-order valence-electron chi connectivity index (χ1n) is 11.8. The van der Waals surface area contributed by atoms with Crippen molar-refractivity contribution in [3.8, 4) is 0 Å². The minimum absolute atomic E-state index is 0. The maximum Gasteiger partial charge on any atom is 0.0444 e. The first-order chi connectivity index (χ1) is 13.8. The highest BCUT2D eigenvalue weighted by Gasteiger charge is 2.28. The summed E-state index contributed by atoms with van der Waals surface area (Å²) in [5.41, 5.74) is 6.21. The SMILES string of the molecule is CCCCN1CCN(c2ccc(N(C)C)cc2C2=CCC(C(C)(C)C)CC2)CC1.Cl. The number of piperazine rings is 1. The van der Waals surface area contributed by atoms with Crippen LogP contribution in [0, 0.1) is 11.3 Å². The number of benzene rings is 1. The van der Waals surface area contributed by atoms with Gasteiger partial charge in [0.2, 0.25) is 0 Å². The summed E-state index contributed by atoms with van der Waals surface area (Å²) in [6.07, 6.45) is 8.91. The van der Waals surface area contributed by atoms with Gasteiger partial charge in [0.25, 0.3) is 0 Å². The van der Waals surface area contributed by atoms with E-state index in [-0.39, 0.29) is 12.4 Å². The van der Waals surface area contributed by atoms with Crippen molar-refractivity contribution in [1.29, 1.82) is 0 Å². The molecule has 0 aromatic heterocycles. The zero-order chi connectivity index (χ0) is 21.0. The van der Waals surface area contributed by atoms with E-state index in [1.807, 2.05) is 0 Å². The smallest absolute Gasteiger partial charge is 0.0444 e. The Bertz CT molecular complexity index is 697. The third kappa shape index (κ3) is 6.17. The Morgan fingerprint density at radius 2 is 1.77 bits per heavy atom. The molecular weight excluding hydrogens is 390 g/mol. The molecule has 1 atom stereocenters. The third-order valence-electron chi connectivity index (χ3n) is 7.02. The molecule has 2 aliphatic rings. The molecule has 0 N–H and O–H groups in total. The van der Waals surface area contributed by atoms with Crippen LogP contribution in [0.25, 0.3) is 5.57 Å². The summed E-state index contributed by atoms with van der Waals surface area (Å²) in [6, 6.07) is 7.11. The summed E-state index contributed by atoms with van der Waals surface area (Å²) in [5, 5.41) is 0. The van der Waals surface area contributed by atoms with Gasteiger partial charge in [0, 0.05) is 57.2 Å². The second kappa shape index (κ2) is 10.9. The fraction of sp³-hybridized carbons (Fsp3) is 0.692. The summed E-state index contributed by atoms with van der Waals surface area (Å²) < 4.78 is 0. The Balaban J connectivity index is 0.00000320. The van der Waals surface area contributed by atoms with Crippen LogP contribution in [0.3, 0.4) is 0 Å². The van der Waals surface area contributed by atoms with E-state index in [4.69, 9.17) is 0 Å². The van der Waals surface area contributed by atoms with E-state index >= 15 is 0 Å². The van der Waals surface area contributed by atoms with Crippen LogP contribution in [0.15, 0.2) is 24.3 Å². The van der Waals surface area contributed by atoms with Crippen LogP contribution < -0.4 is 9.80 Å². The lowest BCUT2D eigenvalue weighted by atomic mass is 9.72. The van der Waals surface area contributed by atoms with Crippen LogP contribution in [0.5, 0.6) is 0 Å². The van der Waals surface area contributed by atoms with Crippen molar-refractivity contribution < 1.29 is 0 Å². The molecular formula is C26H44ClN3. The number of hydrogen-bond acceptors (Lipinski definition) is 3. The van der Waals surface area contributed by atoms with Gasteiger partial charge >= 0.3 is 0 Å². The van der Waals surface area contributed by atoms with E-state index in [1.165, 1.54) is 68.7 Å². The van der Waals surface area contributed by atoms with Crippen molar-refractivity contribution in [2.24, 2.45) is 11.3 Å². The quantitative estimate of drug-likeness (QED) is 0.519. The molecule has 3 nitrogen and oxygen atoms in total. The topological polar surface area (TPSA) is 9.72 Å². The molecule has 170 valence electrons. The second-order valence-corrected chi connectivity index (χ2v) is 10.3. The summed E-state index contributed by atoms with van der Waals surface area (Å²) in [5.74, 6) is 0.800. The first-order valence-corrected chi connectivity index (χ1v) is 11.8. The highest BCUT2D eigenvalue weighted by Crippen LogP contribution is 2.42. The van der Waals surface area contributed by atoms with Gasteiger partial charge in [0.05, 0.1) is 0 Å². The van der Waals surface area contributed by atoms with Crippen molar-refractivity contribution >= 4 is 29.4 Å². The van der Waals surface area contributed by atoms with Crippen molar-refractivity contribution in [1.82, 2.24) is 4.90 Å². The molecule has 0 amide bonds. The first kappa shape index (κ1) is 25.1. The normalized spacial score (nSPS) is 20.5. The molecule has 1 aliphatic carbocycles. The van der Waals surface area contributed by atoms with Crippen molar-refractivity contribution in [3.63, 3.8) is 0 Å². The van der Waals surface area contributed by atoms with E-state index in [0.29, 0.717) is 5.41 Å². The number of nitrogens with zero attached hydrogens (tertiary/aromatic N) is 3. The molecule has 0 saturated carbocycles. The highest BCUT2D eigenvalue weighted by molar-refractivity contribution is 5.85. The Kier molecular flexibility index (Phi) is 9.12. The molecule has 4 heteroatoms. The van der Waals surface area contributed by atoms with Gasteiger partial charge in [-0.3, -0.25) is 4.90 Å². The number of unbranched alkanes of at least 4 members (excludes halogenated alkanes) is 1. The van der Waals surface area contributed by atoms with E-state index in [0.717, 1.165) is 19.0 Å². The van der Waals surface area contributed by atoms with Crippen LogP contribution in [-0.2, 0) is 0 Å². The van der Waals surface area contributed by atoms with Crippen molar-refractivity contribution in [2.45, 2.75) is 59.8 Å². The van der Waals surface area contributed by atoms with Gasteiger partial charge in [-0.05, 0) is 67.3 Å². The summed E-state index contributed by atoms with van der Waals surface area (Å²) >= 11 is 0. The van der Waals surface area contributed by atoms with E-state index in [1.54, 1.807) is 5.57 Å². The number of halogens is 1. The number of anilines is 2. The van der Waals surface area contributed by atoms with Crippen LogP contribution in [0.1, 0.15) is 65.4 Å². The van der Waals surface area contributed by atoms with Gasteiger partial charge < -0.3 is 9.80 Å². The Hall–Kier alpha value is -1.19. The minimum atomic E-state index is 0. The lowest BCUT2D eigenvalue weighted by Crippen LogP contribution is -2.46. The molecule has 3 rings (SSSR count). The Morgan fingerprint density at radius 1 is 1.07 bits per heavy atom. The fourth-order valence-electron chi connectivity index (χ4n) is 4.79. The monoisotopic (exact) mass is 433 g/mol. The predicted octanol–water partition coefficient (Wildman–Crippen LogP) is 6.33. The van der Waals surface area contributed by atoms with Crippen LogP contribution >= 0.6 is 12.4 Å². The van der Waals surface area contributed by atoms with Crippen LogP contribution in [-0.4, -0.2) is 51.7 Å². The van der Waals surface area contributed by atoms with Crippen LogP contribution in [0.2, 0.25) is 0 Å². The number of rotatable bonds is 6. The lowest BCUT2D eigenvalue weighted by Gasteiger charge is -2.38. The summed E-state index contributed by atoms with van der Waals surface area (Å²) in [6.45, 7) is 15.4. The summed E-state index contributed by atoms with van der Waals surface area (Å²) in [7, 11) is 4.30. The zero-order valence-electron chi connectivity index (χ0n) is 20.2. The van der Waals surface area contributed by atoms with Gasteiger partial charge in [-0.1, -0.05) is 40.2 Å². The molecule has 0 bridgehead atoms. The largest absolute Gasteiger partial charge is 0.378 e. The maximum atomic E-state index is 2.64. The molecule has 1 aromatic rings. The molecule has 1 fully saturated rings. The molecule has 0 radical (unpaired) electrons. The molecule has 1 unspecified atom stereocenters. The fourth-order valence-corrected chi connectivity index (χ4v) is 4.79. The van der Waals surface area contributed by atoms with Crippen LogP contribution in [0.4, 0.5) is 11.4 Å². The number of allylic oxidation sites excluding steroid dienone is 2. The van der Waals surface area contributed by atoms with E-state index in [2.05, 4.69) is 80.8 Å². The second-order valence-electron chi connectivity index (χ2n) is 10.3. The molecule has 1 saturated heterocycles. The van der Waals surface area contributed by atoms with Gasteiger partial charge in [0.15, 0.2) is 0 Å². The average Bonchev–Trinajstić information content (AvgIpc) is 2.71. The zero-order valence-corrected chi connectivity index (χ0v) is 21.0. The maximum absolute atomic E-state index is 2.64. The third-order valence-corrected chi connectivity index (χ3v) is 7.02. The van der Waals surface area contributed by atoms with E-state index < -0.39 is 0 Å². The summed E-state index contributed by atoms with van der Waals surface area (Å²) in [4.78, 5) is 7.51. The molecule has 30 heavy (non-hydrogen) atoms. The molecule has 1 aliphatic heterocycles. The molecule has 0 spiro atoms.